The molecule has 0 saturated heterocycles. The van der Waals surface area contributed by atoms with Gasteiger partial charge in [0.2, 0.25) is 10.0 Å². The van der Waals surface area contributed by atoms with Crippen molar-refractivity contribution in [1.29, 1.82) is 0 Å². The number of aliphatic hydroxyl groups excluding tert-OH is 1. The Morgan fingerprint density at radius 3 is 2.45 bits per heavy atom. The van der Waals surface area contributed by atoms with E-state index in [-0.39, 0.29) is 12.1 Å². The number of sulfonamides is 1. The quantitative estimate of drug-likeness (QED) is 0.847. The predicted octanol–water partition coefficient (Wildman–Crippen LogP) is 2.63. The monoisotopic (exact) mass is 343 g/mol. The van der Waals surface area contributed by atoms with E-state index in [0.717, 1.165) is 0 Å². The molecule has 2 aromatic carbocycles. The zero-order chi connectivity index (χ0) is 16.2. The molecule has 1 atom stereocenters. The van der Waals surface area contributed by atoms with Gasteiger partial charge in [-0.15, -0.1) is 0 Å². The maximum absolute atomic E-state index is 13.5. The third-order valence-corrected chi connectivity index (χ3v) is 4.71. The third-order valence-electron chi connectivity index (χ3n) is 3.06. The lowest BCUT2D eigenvalue weighted by Crippen LogP contribution is -2.30. The molecule has 118 valence electrons. The summed E-state index contributed by atoms with van der Waals surface area (Å²) in [5.41, 5.74) is 0.500. The molecule has 0 heterocycles. The summed E-state index contributed by atoms with van der Waals surface area (Å²) >= 11 is 5.93. The molecule has 2 aromatic rings. The second kappa shape index (κ2) is 7.19. The molecule has 0 aliphatic rings. The molecule has 0 saturated carbocycles. The number of nitrogens with one attached hydrogen (secondary N) is 1. The van der Waals surface area contributed by atoms with E-state index in [1.165, 1.54) is 18.2 Å². The Hall–Kier alpha value is -1.47. The number of hydrogen-bond donors (Lipinski definition) is 2. The average molecular weight is 344 g/mol. The van der Waals surface area contributed by atoms with Gasteiger partial charge in [-0.1, -0.05) is 48.0 Å². The van der Waals surface area contributed by atoms with Crippen LogP contribution in [0.4, 0.5) is 4.39 Å². The van der Waals surface area contributed by atoms with Gasteiger partial charge in [0.05, 0.1) is 11.9 Å². The lowest BCUT2D eigenvalue weighted by atomic mass is 10.1. The maximum atomic E-state index is 13.5. The average Bonchev–Trinajstić information content (AvgIpc) is 2.48. The highest BCUT2D eigenvalue weighted by atomic mass is 35.5. The topological polar surface area (TPSA) is 66.4 Å². The molecule has 0 bridgehead atoms. The summed E-state index contributed by atoms with van der Waals surface area (Å²) in [5, 5.41) is 10.4. The Kier molecular flexibility index (Phi) is 5.52. The van der Waals surface area contributed by atoms with Crippen molar-refractivity contribution in [2.24, 2.45) is 0 Å². The zero-order valence-electron chi connectivity index (χ0n) is 11.5. The van der Waals surface area contributed by atoms with Crippen molar-refractivity contribution in [3.05, 3.63) is 70.5 Å². The summed E-state index contributed by atoms with van der Waals surface area (Å²) in [6.07, 6.45) is -1.08. The first-order chi connectivity index (χ1) is 10.4. The number of halogens is 2. The van der Waals surface area contributed by atoms with Crippen LogP contribution < -0.4 is 4.72 Å². The zero-order valence-corrected chi connectivity index (χ0v) is 13.1. The highest BCUT2D eigenvalue weighted by Crippen LogP contribution is 2.22. The fourth-order valence-electron chi connectivity index (χ4n) is 1.93. The molecule has 22 heavy (non-hydrogen) atoms. The minimum absolute atomic E-state index is 0.0715. The summed E-state index contributed by atoms with van der Waals surface area (Å²) in [7, 11) is -3.77. The Labute approximate surface area is 133 Å². The van der Waals surface area contributed by atoms with Crippen molar-refractivity contribution in [3.63, 3.8) is 0 Å². The Morgan fingerprint density at radius 1 is 1.14 bits per heavy atom. The van der Waals surface area contributed by atoms with E-state index in [9.17, 15) is 17.9 Å². The van der Waals surface area contributed by atoms with Gasteiger partial charge in [-0.2, -0.15) is 0 Å². The number of rotatable bonds is 6. The van der Waals surface area contributed by atoms with Gasteiger partial charge in [-0.05, 0) is 12.1 Å². The molecule has 7 heteroatoms. The van der Waals surface area contributed by atoms with Gasteiger partial charge in [0.15, 0.2) is 0 Å². The lowest BCUT2D eigenvalue weighted by Gasteiger charge is -2.14. The van der Waals surface area contributed by atoms with Gasteiger partial charge < -0.3 is 5.11 Å². The molecule has 2 rings (SSSR count). The molecule has 0 radical (unpaired) electrons. The molecular formula is C15H15ClFNO3S. The van der Waals surface area contributed by atoms with E-state index < -0.39 is 27.7 Å². The standard InChI is InChI=1S/C15H15ClFNO3S/c16-13-7-3-2-6-12(13)15(19)9-18-22(20,21)10-11-5-1-4-8-14(11)17/h1-8,15,18-19H,9-10H2/t15-/m1/s1. The summed E-state index contributed by atoms with van der Waals surface area (Å²) in [6.45, 7) is -0.236. The Morgan fingerprint density at radius 2 is 1.77 bits per heavy atom. The Balaban J connectivity index is 2.01. The fourth-order valence-corrected chi connectivity index (χ4v) is 3.35. The van der Waals surface area contributed by atoms with E-state index in [1.54, 1.807) is 30.3 Å². The third kappa shape index (κ3) is 4.51. The highest BCUT2D eigenvalue weighted by Gasteiger charge is 2.17. The minimum Gasteiger partial charge on any atom is -0.387 e. The molecule has 0 aliphatic heterocycles. The van der Waals surface area contributed by atoms with E-state index in [1.807, 2.05) is 0 Å². The number of hydrogen-bond acceptors (Lipinski definition) is 3. The van der Waals surface area contributed by atoms with Crippen molar-refractivity contribution >= 4 is 21.6 Å². The second-order valence-corrected chi connectivity index (χ2v) is 6.95. The van der Waals surface area contributed by atoms with E-state index >= 15 is 0 Å². The van der Waals surface area contributed by atoms with Gasteiger partial charge in [-0.3, -0.25) is 0 Å². The summed E-state index contributed by atoms with van der Waals surface area (Å²) in [6, 6.07) is 12.3. The summed E-state index contributed by atoms with van der Waals surface area (Å²) < 4.78 is 39.6. The number of aliphatic hydroxyl groups is 1. The molecule has 0 aromatic heterocycles. The van der Waals surface area contributed by atoms with Crippen LogP contribution in [-0.4, -0.2) is 20.1 Å². The molecule has 0 fully saturated rings. The van der Waals surface area contributed by atoms with Crippen LogP contribution in [0.15, 0.2) is 48.5 Å². The molecule has 0 spiro atoms. The largest absolute Gasteiger partial charge is 0.387 e. The second-order valence-electron chi connectivity index (χ2n) is 4.74. The van der Waals surface area contributed by atoms with Crippen LogP contribution in [0.3, 0.4) is 0 Å². The molecule has 4 nitrogen and oxygen atoms in total. The van der Waals surface area contributed by atoms with Crippen LogP contribution in [0, 0.1) is 5.82 Å². The first kappa shape index (κ1) is 16.9. The van der Waals surface area contributed by atoms with Crippen LogP contribution in [0.2, 0.25) is 5.02 Å². The van der Waals surface area contributed by atoms with E-state index in [2.05, 4.69) is 4.72 Å². The summed E-state index contributed by atoms with van der Waals surface area (Å²) in [5.74, 6) is -1.07. The normalized spacial score (nSPS) is 13.0. The number of benzene rings is 2. The summed E-state index contributed by atoms with van der Waals surface area (Å²) in [4.78, 5) is 0. The van der Waals surface area contributed by atoms with Crippen LogP contribution in [0.25, 0.3) is 0 Å². The van der Waals surface area contributed by atoms with Crippen molar-refractivity contribution < 1.29 is 17.9 Å². The maximum Gasteiger partial charge on any atom is 0.215 e. The molecule has 2 N–H and O–H groups in total. The minimum atomic E-state index is -3.77. The van der Waals surface area contributed by atoms with Crippen LogP contribution >= 0.6 is 11.6 Å². The fraction of sp³-hybridized carbons (Fsp3) is 0.200. The smallest absolute Gasteiger partial charge is 0.215 e. The predicted molar refractivity (Wildman–Crippen MR) is 83.4 cm³/mol. The van der Waals surface area contributed by atoms with E-state index in [4.69, 9.17) is 11.6 Å². The molecular weight excluding hydrogens is 329 g/mol. The van der Waals surface area contributed by atoms with Crippen LogP contribution in [-0.2, 0) is 15.8 Å². The van der Waals surface area contributed by atoms with E-state index in [0.29, 0.717) is 10.6 Å². The van der Waals surface area contributed by atoms with Gasteiger partial charge in [0, 0.05) is 22.7 Å². The molecule has 0 unspecified atom stereocenters. The van der Waals surface area contributed by atoms with Gasteiger partial charge in [0.25, 0.3) is 0 Å². The highest BCUT2D eigenvalue weighted by molar-refractivity contribution is 7.88. The van der Waals surface area contributed by atoms with Crippen LogP contribution in [0.5, 0.6) is 0 Å². The van der Waals surface area contributed by atoms with Gasteiger partial charge in [0.1, 0.15) is 5.82 Å². The molecule has 0 aliphatic carbocycles. The Bertz CT molecular complexity index is 752. The van der Waals surface area contributed by atoms with Crippen molar-refractivity contribution in [1.82, 2.24) is 4.72 Å². The first-order valence-corrected chi connectivity index (χ1v) is 8.55. The SMILES string of the molecule is O=S(=O)(Cc1ccccc1F)NC[C@@H](O)c1ccccc1Cl. The van der Waals surface area contributed by atoms with Crippen LogP contribution in [0.1, 0.15) is 17.2 Å². The first-order valence-electron chi connectivity index (χ1n) is 6.52. The molecule has 0 amide bonds. The van der Waals surface area contributed by atoms with Gasteiger partial charge in [-0.25, -0.2) is 17.5 Å². The van der Waals surface area contributed by atoms with Crippen molar-refractivity contribution in [2.75, 3.05) is 6.54 Å². The lowest BCUT2D eigenvalue weighted by molar-refractivity contribution is 0.182. The van der Waals surface area contributed by atoms with Crippen molar-refractivity contribution in [3.8, 4) is 0 Å². The van der Waals surface area contributed by atoms with Crippen molar-refractivity contribution in [2.45, 2.75) is 11.9 Å². The van der Waals surface area contributed by atoms with Gasteiger partial charge >= 0.3 is 0 Å².